The molecule has 6 rings (SSSR count). The average molecular weight is 570 g/mol. The largest absolute Gasteiger partial charge is 0.490 e. The predicted octanol–water partition coefficient (Wildman–Crippen LogP) is 5.48. The number of rotatable bonds is 7. The van der Waals surface area contributed by atoms with Crippen molar-refractivity contribution in [2.45, 2.75) is 75.6 Å². The first-order valence-corrected chi connectivity index (χ1v) is 15.1. The van der Waals surface area contributed by atoms with Gasteiger partial charge >= 0.3 is 5.97 Å². The minimum atomic E-state index is -0.931. The summed E-state index contributed by atoms with van der Waals surface area (Å²) in [5.41, 5.74) is 3.54. The molecule has 7 nitrogen and oxygen atoms in total. The van der Waals surface area contributed by atoms with Crippen LogP contribution in [0.4, 0.5) is 5.69 Å². The normalized spacial score (nSPS) is 30.4. The van der Waals surface area contributed by atoms with E-state index in [9.17, 15) is 15.0 Å². The zero-order chi connectivity index (χ0) is 27.9. The van der Waals surface area contributed by atoms with E-state index in [1.807, 2.05) is 19.1 Å². The predicted molar refractivity (Wildman–Crippen MR) is 154 cm³/mol. The maximum Gasteiger partial charge on any atom is 0.335 e. The minimum absolute atomic E-state index is 0.0277. The van der Waals surface area contributed by atoms with Gasteiger partial charge in [0.2, 0.25) is 0 Å². The molecule has 1 saturated carbocycles. The number of fused-ring (bicyclic) bond motifs is 3. The van der Waals surface area contributed by atoms with Crippen molar-refractivity contribution in [2.75, 3.05) is 37.8 Å². The second-order valence-electron chi connectivity index (χ2n) is 12.3. The summed E-state index contributed by atoms with van der Waals surface area (Å²) in [5.74, 6) is 0.683. The summed E-state index contributed by atoms with van der Waals surface area (Å²) in [7, 11) is 0. The van der Waals surface area contributed by atoms with E-state index in [2.05, 4.69) is 17.0 Å². The van der Waals surface area contributed by atoms with Gasteiger partial charge in [0.15, 0.2) is 0 Å². The zero-order valence-electron chi connectivity index (χ0n) is 23.2. The first-order valence-electron chi connectivity index (χ1n) is 14.8. The number of halogens is 1. The number of anilines is 1. The van der Waals surface area contributed by atoms with Gasteiger partial charge in [-0.1, -0.05) is 17.7 Å². The lowest BCUT2D eigenvalue weighted by molar-refractivity contribution is -0.134. The van der Waals surface area contributed by atoms with E-state index in [0.717, 1.165) is 74.5 Å². The quantitative estimate of drug-likeness (QED) is 0.456. The number of aliphatic hydroxyl groups is 1. The van der Waals surface area contributed by atoms with E-state index in [-0.39, 0.29) is 35.9 Å². The van der Waals surface area contributed by atoms with E-state index < -0.39 is 5.97 Å². The molecule has 2 aliphatic heterocycles. The third kappa shape index (κ3) is 5.46. The Morgan fingerprint density at radius 3 is 2.88 bits per heavy atom. The van der Waals surface area contributed by atoms with Gasteiger partial charge in [-0.25, -0.2) is 4.79 Å². The van der Waals surface area contributed by atoms with Crippen molar-refractivity contribution in [3.8, 4) is 5.75 Å². The molecule has 0 radical (unpaired) electrons. The average Bonchev–Trinajstić information content (AvgIpc) is 3.08. The molecule has 2 heterocycles. The van der Waals surface area contributed by atoms with Crippen molar-refractivity contribution >= 4 is 23.3 Å². The lowest BCUT2D eigenvalue weighted by atomic mass is 9.67. The fourth-order valence-corrected chi connectivity index (χ4v) is 7.63. The van der Waals surface area contributed by atoms with E-state index in [1.165, 1.54) is 11.1 Å². The highest BCUT2D eigenvalue weighted by Gasteiger charge is 2.45. The van der Waals surface area contributed by atoms with Gasteiger partial charge in [0.25, 0.3) is 0 Å². The van der Waals surface area contributed by atoms with Crippen LogP contribution in [0.25, 0.3) is 0 Å². The summed E-state index contributed by atoms with van der Waals surface area (Å²) in [4.78, 5) is 14.3. The van der Waals surface area contributed by atoms with E-state index in [0.29, 0.717) is 25.0 Å². The van der Waals surface area contributed by atoms with Gasteiger partial charge in [0.1, 0.15) is 5.75 Å². The number of hydrogen-bond acceptors (Lipinski definition) is 6. The smallest absolute Gasteiger partial charge is 0.335 e. The molecule has 2 fully saturated rings. The first-order chi connectivity index (χ1) is 19.3. The van der Waals surface area contributed by atoms with Gasteiger partial charge in [-0.15, -0.1) is 0 Å². The molecule has 1 unspecified atom stereocenters. The maximum absolute atomic E-state index is 11.9. The van der Waals surface area contributed by atoms with Crippen LogP contribution in [0.3, 0.4) is 0 Å². The molecule has 0 bridgehead atoms. The first kappa shape index (κ1) is 27.8. The maximum atomic E-state index is 11.9. The molecule has 8 heteroatoms. The lowest BCUT2D eigenvalue weighted by Gasteiger charge is -2.48. The summed E-state index contributed by atoms with van der Waals surface area (Å²) in [6, 6.07) is 11.5. The number of aromatic carboxylic acids is 1. The Morgan fingerprint density at radius 2 is 2.10 bits per heavy atom. The van der Waals surface area contributed by atoms with Crippen molar-refractivity contribution in [2.24, 2.45) is 11.8 Å². The number of ether oxygens (including phenoxy) is 3. The van der Waals surface area contributed by atoms with Gasteiger partial charge in [0, 0.05) is 36.6 Å². The van der Waals surface area contributed by atoms with Crippen molar-refractivity contribution in [3.05, 3.63) is 58.1 Å². The van der Waals surface area contributed by atoms with Crippen molar-refractivity contribution in [1.29, 1.82) is 0 Å². The fourth-order valence-electron chi connectivity index (χ4n) is 7.43. The van der Waals surface area contributed by atoms with Crippen molar-refractivity contribution in [1.82, 2.24) is 0 Å². The SMILES string of the molecule is C[C@@H](CO)O[C@H]1CCO[C@@H]([C@@H]2CC[C@H]2CN2CC3(CCCc4cc(Cl)ccc43)COc3ccc(C(=O)O)cc32)C1. The Hall–Kier alpha value is -2.32. The molecule has 0 amide bonds. The second kappa shape index (κ2) is 11.5. The molecule has 40 heavy (non-hydrogen) atoms. The van der Waals surface area contributed by atoms with Crippen LogP contribution in [0.1, 0.15) is 66.9 Å². The van der Waals surface area contributed by atoms with Gasteiger partial charge in [-0.2, -0.15) is 0 Å². The van der Waals surface area contributed by atoms with Crippen LogP contribution in [0.5, 0.6) is 5.75 Å². The van der Waals surface area contributed by atoms with Gasteiger partial charge in [-0.3, -0.25) is 0 Å². The Morgan fingerprint density at radius 1 is 1.23 bits per heavy atom. The van der Waals surface area contributed by atoms with E-state index in [1.54, 1.807) is 12.1 Å². The number of hydrogen-bond donors (Lipinski definition) is 2. The Labute approximate surface area is 241 Å². The molecule has 2 aliphatic carbocycles. The van der Waals surface area contributed by atoms with Gasteiger partial charge in [-0.05, 0) is 98.7 Å². The van der Waals surface area contributed by atoms with E-state index in [4.69, 9.17) is 25.8 Å². The Kier molecular flexibility index (Phi) is 8.01. The fraction of sp³-hybridized carbons (Fsp3) is 0.594. The Bertz CT molecular complexity index is 1240. The van der Waals surface area contributed by atoms with Crippen molar-refractivity contribution < 1.29 is 29.2 Å². The number of nitrogens with zero attached hydrogens (tertiary/aromatic N) is 1. The number of carboxylic acid groups (broad SMARTS) is 1. The van der Waals surface area contributed by atoms with Crippen LogP contribution in [-0.4, -0.2) is 67.4 Å². The zero-order valence-corrected chi connectivity index (χ0v) is 23.9. The van der Waals surface area contributed by atoms with Crippen LogP contribution in [0.15, 0.2) is 36.4 Å². The summed E-state index contributed by atoms with van der Waals surface area (Å²) in [6.07, 6.45) is 7.13. The number of carboxylic acids is 1. The number of aliphatic hydroxyl groups excluding tert-OH is 1. The summed E-state index contributed by atoms with van der Waals surface area (Å²) >= 11 is 6.39. The molecule has 1 spiro atoms. The van der Waals surface area contributed by atoms with Crippen LogP contribution in [0, 0.1) is 11.8 Å². The summed E-state index contributed by atoms with van der Waals surface area (Å²) < 4.78 is 18.9. The molecule has 4 aliphatic rings. The monoisotopic (exact) mass is 569 g/mol. The number of carbonyl (C=O) groups is 1. The molecular weight excluding hydrogens is 530 g/mol. The van der Waals surface area contributed by atoms with E-state index >= 15 is 0 Å². The van der Waals surface area contributed by atoms with Crippen LogP contribution < -0.4 is 9.64 Å². The summed E-state index contributed by atoms with van der Waals surface area (Å²) in [6.45, 7) is 4.77. The molecule has 6 atom stereocenters. The number of aryl methyl sites for hydroxylation is 1. The standard InChI is InChI=1S/C32H40ClNO6/c1-20(17-35)40-25-10-12-38-30(15-25)26-7-4-23(26)16-34-18-32(11-2-3-21-13-24(33)6-8-27(21)32)19-39-29-9-5-22(31(36)37)14-28(29)34/h5-6,8-9,13-14,20,23,25-26,30,35H,2-4,7,10-12,15-19H2,1H3,(H,36,37)/t20-,23-,25-,26+,30+,32?/m0/s1. The number of benzene rings is 2. The third-order valence-electron chi connectivity index (χ3n) is 9.64. The third-order valence-corrected chi connectivity index (χ3v) is 9.88. The molecule has 0 aromatic heterocycles. The highest BCUT2D eigenvalue weighted by Crippen LogP contribution is 2.47. The van der Waals surface area contributed by atoms with Crippen LogP contribution in [-0.2, 0) is 21.3 Å². The summed E-state index contributed by atoms with van der Waals surface area (Å²) in [5, 5.41) is 20.0. The highest BCUT2D eigenvalue weighted by molar-refractivity contribution is 6.30. The molecule has 216 valence electrons. The van der Waals surface area contributed by atoms with Crippen LogP contribution in [0.2, 0.25) is 5.02 Å². The van der Waals surface area contributed by atoms with Crippen LogP contribution >= 0.6 is 11.6 Å². The molecule has 2 aromatic carbocycles. The second-order valence-corrected chi connectivity index (χ2v) is 12.7. The highest BCUT2D eigenvalue weighted by atomic mass is 35.5. The van der Waals surface area contributed by atoms with Gasteiger partial charge < -0.3 is 29.3 Å². The van der Waals surface area contributed by atoms with Crippen molar-refractivity contribution in [3.63, 3.8) is 0 Å². The lowest BCUT2D eigenvalue weighted by Crippen LogP contribution is -2.51. The topological polar surface area (TPSA) is 88.5 Å². The van der Waals surface area contributed by atoms with Gasteiger partial charge in [0.05, 0.1) is 42.8 Å². The minimum Gasteiger partial charge on any atom is -0.490 e. The molecule has 1 saturated heterocycles. The molecule has 2 aromatic rings. The molecular formula is C32H40ClNO6. The Balaban J connectivity index is 1.28. The molecule has 2 N–H and O–H groups in total.